The van der Waals surface area contributed by atoms with Crippen LogP contribution in [0.15, 0.2) is 41.2 Å². The predicted molar refractivity (Wildman–Crippen MR) is 89.8 cm³/mol. The quantitative estimate of drug-likeness (QED) is 0.725. The standard InChI is InChI=1S/C18H20FN3O/c1-18(2,3)11-22-15-10-9-14(12-5-7-13(19)8-6-12)20-16(15)21(4)17(22)23/h5-10H,11H2,1-4H3. The number of fused-ring (bicyclic) bond motifs is 1. The predicted octanol–water partition coefficient (Wildman–Crippen LogP) is 3.59. The SMILES string of the molecule is Cn1c(=O)n(CC(C)(C)C)c2ccc(-c3ccc(F)cc3)nc21. The molecule has 0 aliphatic carbocycles. The molecule has 0 aliphatic heterocycles. The largest absolute Gasteiger partial charge is 0.330 e. The average Bonchev–Trinajstić information content (AvgIpc) is 2.71. The number of imidazole rings is 1. The second-order valence-corrected chi connectivity index (χ2v) is 7.03. The van der Waals surface area contributed by atoms with Crippen LogP contribution in [-0.2, 0) is 13.6 Å². The van der Waals surface area contributed by atoms with E-state index in [2.05, 4.69) is 25.8 Å². The maximum absolute atomic E-state index is 13.1. The zero-order chi connectivity index (χ0) is 16.8. The first kappa shape index (κ1) is 15.5. The van der Waals surface area contributed by atoms with Crippen LogP contribution >= 0.6 is 0 Å². The summed E-state index contributed by atoms with van der Waals surface area (Å²) in [5.74, 6) is -0.279. The van der Waals surface area contributed by atoms with E-state index in [0.29, 0.717) is 12.2 Å². The van der Waals surface area contributed by atoms with Crippen molar-refractivity contribution in [3.05, 3.63) is 52.7 Å². The zero-order valence-electron chi connectivity index (χ0n) is 13.8. The third kappa shape index (κ3) is 2.91. The van der Waals surface area contributed by atoms with Crippen molar-refractivity contribution in [3.63, 3.8) is 0 Å². The topological polar surface area (TPSA) is 39.8 Å². The molecule has 3 rings (SSSR count). The smallest absolute Gasteiger partial charge is 0.290 e. The molecular formula is C18H20FN3O. The van der Waals surface area contributed by atoms with Gasteiger partial charge in [0.25, 0.3) is 0 Å². The summed E-state index contributed by atoms with van der Waals surface area (Å²) in [6.45, 7) is 6.91. The highest BCUT2D eigenvalue weighted by molar-refractivity contribution is 5.76. The molecule has 120 valence electrons. The van der Waals surface area contributed by atoms with Crippen LogP contribution < -0.4 is 5.69 Å². The summed E-state index contributed by atoms with van der Waals surface area (Å²) in [5.41, 5.74) is 2.93. The molecule has 23 heavy (non-hydrogen) atoms. The van der Waals surface area contributed by atoms with Gasteiger partial charge in [0.05, 0.1) is 11.2 Å². The van der Waals surface area contributed by atoms with Crippen LogP contribution in [0.4, 0.5) is 4.39 Å². The highest BCUT2D eigenvalue weighted by Crippen LogP contribution is 2.23. The Morgan fingerprint density at radius 1 is 1.09 bits per heavy atom. The molecule has 5 heteroatoms. The molecule has 2 heterocycles. The van der Waals surface area contributed by atoms with Crippen LogP contribution in [0.1, 0.15) is 20.8 Å². The van der Waals surface area contributed by atoms with E-state index < -0.39 is 0 Å². The maximum atomic E-state index is 13.1. The lowest BCUT2D eigenvalue weighted by Gasteiger charge is -2.18. The van der Waals surface area contributed by atoms with Gasteiger partial charge in [-0.2, -0.15) is 0 Å². The van der Waals surface area contributed by atoms with Gasteiger partial charge in [0.2, 0.25) is 0 Å². The van der Waals surface area contributed by atoms with Crippen molar-refractivity contribution in [2.75, 3.05) is 0 Å². The van der Waals surface area contributed by atoms with E-state index >= 15 is 0 Å². The molecule has 0 saturated carbocycles. The number of hydrogen-bond donors (Lipinski definition) is 0. The summed E-state index contributed by atoms with van der Waals surface area (Å²) in [7, 11) is 1.73. The third-order valence-electron chi connectivity index (χ3n) is 3.75. The second kappa shape index (κ2) is 5.33. The van der Waals surface area contributed by atoms with Crippen LogP contribution in [0.2, 0.25) is 0 Å². The number of aromatic nitrogens is 3. The minimum atomic E-state index is -0.279. The first-order valence-electron chi connectivity index (χ1n) is 7.58. The molecule has 4 nitrogen and oxygen atoms in total. The Balaban J connectivity index is 2.16. The van der Waals surface area contributed by atoms with Crippen LogP contribution in [0.5, 0.6) is 0 Å². The van der Waals surface area contributed by atoms with Gasteiger partial charge in [-0.15, -0.1) is 0 Å². The Hall–Kier alpha value is -2.43. The Morgan fingerprint density at radius 2 is 1.74 bits per heavy atom. The fraction of sp³-hybridized carbons (Fsp3) is 0.333. The number of benzene rings is 1. The first-order valence-corrected chi connectivity index (χ1v) is 7.58. The summed E-state index contributed by atoms with van der Waals surface area (Å²) < 4.78 is 16.4. The number of aryl methyl sites for hydroxylation is 1. The molecule has 0 amide bonds. The lowest BCUT2D eigenvalue weighted by Crippen LogP contribution is -2.27. The van der Waals surface area contributed by atoms with Gasteiger partial charge in [-0.25, -0.2) is 14.2 Å². The fourth-order valence-electron chi connectivity index (χ4n) is 2.68. The van der Waals surface area contributed by atoms with Crippen molar-refractivity contribution in [1.29, 1.82) is 0 Å². The lowest BCUT2D eigenvalue weighted by atomic mass is 9.97. The molecule has 2 aromatic heterocycles. The van der Waals surface area contributed by atoms with Gasteiger partial charge in [-0.05, 0) is 41.8 Å². The van der Waals surface area contributed by atoms with Gasteiger partial charge in [0.15, 0.2) is 5.65 Å². The van der Waals surface area contributed by atoms with Gasteiger partial charge in [-0.3, -0.25) is 9.13 Å². The van der Waals surface area contributed by atoms with Gasteiger partial charge in [-0.1, -0.05) is 20.8 Å². The average molecular weight is 313 g/mol. The molecule has 0 spiro atoms. The summed E-state index contributed by atoms with van der Waals surface area (Å²) in [5, 5.41) is 0. The first-order chi connectivity index (χ1) is 10.8. The summed E-state index contributed by atoms with van der Waals surface area (Å²) in [6.07, 6.45) is 0. The highest BCUT2D eigenvalue weighted by Gasteiger charge is 2.18. The van der Waals surface area contributed by atoms with E-state index in [-0.39, 0.29) is 16.9 Å². The Bertz CT molecular complexity index is 914. The van der Waals surface area contributed by atoms with Crippen molar-refractivity contribution in [2.24, 2.45) is 12.5 Å². The Kier molecular flexibility index (Phi) is 3.59. The van der Waals surface area contributed by atoms with E-state index in [1.54, 1.807) is 28.3 Å². The molecule has 0 unspecified atom stereocenters. The van der Waals surface area contributed by atoms with Gasteiger partial charge in [0, 0.05) is 19.2 Å². The van der Waals surface area contributed by atoms with Gasteiger partial charge in [0.1, 0.15) is 5.82 Å². The summed E-state index contributed by atoms with van der Waals surface area (Å²) >= 11 is 0. The molecule has 0 saturated heterocycles. The molecular weight excluding hydrogens is 293 g/mol. The molecule has 3 aromatic rings. The zero-order valence-corrected chi connectivity index (χ0v) is 13.8. The van der Waals surface area contributed by atoms with Crippen LogP contribution in [0, 0.1) is 11.2 Å². The number of nitrogens with zero attached hydrogens (tertiary/aromatic N) is 3. The molecule has 0 N–H and O–H groups in total. The van der Waals surface area contributed by atoms with Crippen molar-refractivity contribution < 1.29 is 4.39 Å². The van der Waals surface area contributed by atoms with Gasteiger partial charge < -0.3 is 0 Å². The van der Waals surface area contributed by atoms with E-state index in [0.717, 1.165) is 16.8 Å². The van der Waals surface area contributed by atoms with E-state index in [9.17, 15) is 9.18 Å². The number of halogens is 1. The Labute approximate surface area is 134 Å². The van der Waals surface area contributed by atoms with Crippen molar-refractivity contribution in [3.8, 4) is 11.3 Å². The Morgan fingerprint density at radius 3 is 2.35 bits per heavy atom. The lowest BCUT2D eigenvalue weighted by molar-refractivity contribution is 0.342. The van der Waals surface area contributed by atoms with Crippen molar-refractivity contribution in [2.45, 2.75) is 27.3 Å². The van der Waals surface area contributed by atoms with Crippen LogP contribution in [-0.4, -0.2) is 14.1 Å². The minimum Gasteiger partial charge on any atom is -0.290 e. The molecule has 0 aliphatic rings. The molecule has 0 bridgehead atoms. The number of hydrogen-bond acceptors (Lipinski definition) is 2. The fourth-order valence-corrected chi connectivity index (χ4v) is 2.68. The van der Waals surface area contributed by atoms with E-state index in [1.807, 2.05) is 12.1 Å². The van der Waals surface area contributed by atoms with Crippen LogP contribution in [0.3, 0.4) is 0 Å². The minimum absolute atomic E-state index is 0.00621. The monoisotopic (exact) mass is 313 g/mol. The summed E-state index contributed by atoms with van der Waals surface area (Å²) in [6, 6.07) is 9.97. The number of rotatable bonds is 2. The maximum Gasteiger partial charge on any atom is 0.330 e. The van der Waals surface area contributed by atoms with Crippen LogP contribution in [0.25, 0.3) is 22.4 Å². The highest BCUT2D eigenvalue weighted by atomic mass is 19.1. The molecule has 0 fully saturated rings. The van der Waals surface area contributed by atoms with Gasteiger partial charge >= 0.3 is 5.69 Å². The molecule has 0 atom stereocenters. The molecule has 1 aromatic carbocycles. The normalized spacial score (nSPS) is 12.0. The van der Waals surface area contributed by atoms with Crippen molar-refractivity contribution >= 4 is 11.2 Å². The number of pyridine rings is 1. The third-order valence-corrected chi connectivity index (χ3v) is 3.75. The van der Waals surface area contributed by atoms with Crippen molar-refractivity contribution in [1.82, 2.24) is 14.1 Å². The van der Waals surface area contributed by atoms with E-state index in [1.165, 1.54) is 12.1 Å². The second-order valence-electron chi connectivity index (χ2n) is 7.03. The van der Waals surface area contributed by atoms with E-state index in [4.69, 9.17) is 0 Å². The molecule has 0 radical (unpaired) electrons. The summed E-state index contributed by atoms with van der Waals surface area (Å²) in [4.78, 5) is 17.1.